The highest BCUT2D eigenvalue weighted by Gasteiger charge is 1.92. The van der Waals surface area contributed by atoms with Crippen molar-refractivity contribution in [3.63, 3.8) is 0 Å². The lowest BCUT2D eigenvalue weighted by Crippen LogP contribution is -2.19. The molecule has 0 bridgehead atoms. The van der Waals surface area contributed by atoms with Crippen LogP contribution in [0.15, 0.2) is 0 Å². The summed E-state index contributed by atoms with van der Waals surface area (Å²) in [6.07, 6.45) is 0.222. The van der Waals surface area contributed by atoms with Crippen molar-refractivity contribution in [1.82, 2.24) is 4.90 Å². The van der Waals surface area contributed by atoms with Gasteiger partial charge in [0.2, 0.25) is 0 Å². The third-order valence-corrected chi connectivity index (χ3v) is 1.15. The van der Waals surface area contributed by atoms with E-state index in [-0.39, 0.29) is 12.4 Å². The van der Waals surface area contributed by atoms with E-state index in [2.05, 4.69) is 4.74 Å². The Morgan fingerprint density at radius 3 is 2.00 bits per heavy atom. The van der Waals surface area contributed by atoms with Gasteiger partial charge in [0.05, 0.1) is 0 Å². The number of hydrogen-bond donors (Lipinski definition) is 1. The zero-order valence-corrected chi connectivity index (χ0v) is 9.24. The quantitative estimate of drug-likeness (QED) is 0.680. The minimum Gasteiger partial charge on any atom is -0.481 e. The van der Waals surface area contributed by atoms with Crippen molar-refractivity contribution >= 4 is 11.9 Å². The Bertz CT molecular complexity index is 168. The average molecular weight is 205 g/mol. The van der Waals surface area contributed by atoms with E-state index in [9.17, 15) is 9.59 Å². The first-order valence-corrected chi connectivity index (χ1v) is 4.40. The normalized spacial score (nSPS) is 8.93. The predicted octanol–water partition coefficient (Wildman–Crippen LogP) is 0.592. The van der Waals surface area contributed by atoms with Gasteiger partial charge in [0.1, 0.15) is 6.61 Å². The smallest absolute Gasteiger partial charge is 0.303 e. The highest BCUT2D eigenvalue weighted by molar-refractivity contribution is 5.66. The summed E-state index contributed by atoms with van der Waals surface area (Å²) in [5.74, 6) is -0.957. The second-order valence-electron chi connectivity index (χ2n) is 2.89. The van der Waals surface area contributed by atoms with E-state index in [4.69, 9.17) is 5.11 Å². The maximum atomic E-state index is 10.2. The summed E-state index contributed by atoms with van der Waals surface area (Å²) in [6, 6.07) is 0. The number of nitrogens with zero attached hydrogens (tertiary/aromatic N) is 1. The number of carbonyl (C=O) groups excluding carboxylic acids is 1. The largest absolute Gasteiger partial charge is 0.481 e. The Kier molecular flexibility index (Phi) is 11.0. The molecule has 0 aliphatic carbocycles. The van der Waals surface area contributed by atoms with Gasteiger partial charge in [0, 0.05) is 19.9 Å². The first-order chi connectivity index (χ1) is 6.40. The van der Waals surface area contributed by atoms with E-state index >= 15 is 0 Å². The van der Waals surface area contributed by atoms with Gasteiger partial charge in [0.25, 0.3) is 0 Å². The molecule has 0 unspecified atom stereocenters. The minimum atomic E-state index is -0.745. The standard InChI is InChI=1S/C6H13NO2.C3H6O2/c1-6(8)9-5-4-7(2)3;1-2-3(4)5/h4-5H2,1-3H3;2H2,1H3,(H,4,5). The van der Waals surface area contributed by atoms with E-state index in [0.717, 1.165) is 6.54 Å². The van der Waals surface area contributed by atoms with Gasteiger partial charge >= 0.3 is 11.9 Å². The van der Waals surface area contributed by atoms with Crippen LogP contribution in [-0.4, -0.2) is 49.2 Å². The van der Waals surface area contributed by atoms with E-state index in [1.54, 1.807) is 6.92 Å². The van der Waals surface area contributed by atoms with Gasteiger partial charge in [-0.25, -0.2) is 0 Å². The average Bonchev–Trinajstić information content (AvgIpc) is 2.04. The number of ether oxygens (including phenoxy) is 1. The SMILES string of the molecule is CC(=O)OCCN(C)C.CCC(=O)O. The van der Waals surface area contributed by atoms with Crippen molar-refractivity contribution in [2.45, 2.75) is 20.3 Å². The van der Waals surface area contributed by atoms with Gasteiger partial charge in [0.15, 0.2) is 0 Å². The Balaban J connectivity index is 0. The monoisotopic (exact) mass is 205 g/mol. The Labute approximate surface area is 84.7 Å². The fourth-order valence-electron chi connectivity index (χ4n) is 0.372. The van der Waals surface area contributed by atoms with E-state index in [1.165, 1.54) is 6.92 Å². The molecule has 0 radical (unpaired) electrons. The first-order valence-electron chi connectivity index (χ1n) is 4.40. The van der Waals surface area contributed by atoms with Crippen LogP contribution >= 0.6 is 0 Å². The Hall–Kier alpha value is -1.10. The molecular formula is C9H19NO4. The van der Waals surface area contributed by atoms with Gasteiger partial charge in [-0.1, -0.05) is 6.92 Å². The first kappa shape index (κ1) is 15.4. The summed E-state index contributed by atoms with van der Waals surface area (Å²) in [4.78, 5) is 21.5. The molecule has 0 aliphatic heterocycles. The fourth-order valence-corrected chi connectivity index (χ4v) is 0.372. The van der Waals surface area contributed by atoms with Crippen LogP contribution < -0.4 is 0 Å². The Morgan fingerprint density at radius 1 is 1.36 bits per heavy atom. The second kappa shape index (κ2) is 9.98. The third-order valence-electron chi connectivity index (χ3n) is 1.15. The maximum absolute atomic E-state index is 10.2. The number of rotatable bonds is 4. The molecule has 0 saturated heterocycles. The molecule has 5 nitrogen and oxygen atoms in total. The molecule has 14 heavy (non-hydrogen) atoms. The Morgan fingerprint density at radius 2 is 1.79 bits per heavy atom. The van der Waals surface area contributed by atoms with Gasteiger partial charge in [-0.05, 0) is 14.1 Å². The van der Waals surface area contributed by atoms with Crippen LogP contribution in [0.5, 0.6) is 0 Å². The molecular weight excluding hydrogens is 186 g/mol. The minimum absolute atomic E-state index is 0.211. The molecule has 0 aliphatic rings. The molecule has 1 N–H and O–H groups in total. The van der Waals surface area contributed by atoms with Crippen molar-refractivity contribution in [3.8, 4) is 0 Å². The van der Waals surface area contributed by atoms with Crippen molar-refractivity contribution < 1.29 is 19.4 Å². The van der Waals surface area contributed by atoms with Gasteiger partial charge in [-0.2, -0.15) is 0 Å². The molecule has 84 valence electrons. The van der Waals surface area contributed by atoms with E-state index in [1.807, 2.05) is 19.0 Å². The number of esters is 1. The summed E-state index contributed by atoms with van der Waals surface area (Å²) >= 11 is 0. The fraction of sp³-hybridized carbons (Fsp3) is 0.778. The lowest BCUT2D eigenvalue weighted by atomic mass is 10.5. The molecule has 0 amide bonds. The molecule has 0 aromatic rings. The van der Waals surface area contributed by atoms with Crippen LogP contribution in [0, 0.1) is 0 Å². The second-order valence-corrected chi connectivity index (χ2v) is 2.89. The summed E-state index contributed by atoms with van der Waals surface area (Å²) in [5.41, 5.74) is 0. The summed E-state index contributed by atoms with van der Waals surface area (Å²) < 4.78 is 4.67. The van der Waals surface area contributed by atoms with Crippen molar-refractivity contribution in [2.24, 2.45) is 0 Å². The zero-order chi connectivity index (χ0) is 11.6. The molecule has 0 heterocycles. The number of hydrogen-bond acceptors (Lipinski definition) is 4. The van der Waals surface area contributed by atoms with Crippen molar-refractivity contribution in [2.75, 3.05) is 27.2 Å². The number of carbonyl (C=O) groups is 2. The number of aliphatic carboxylic acids is 1. The van der Waals surface area contributed by atoms with E-state index in [0.29, 0.717) is 6.61 Å². The topological polar surface area (TPSA) is 66.8 Å². The molecule has 5 heteroatoms. The molecule has 0 saturated carbocycles. The molecule has 0 aromatic heterocycles. The van der Waals surface area contributed by atoms with Crippen LogP contribution in [-0.2, 0) is 14.3 Å². The third kappa shape index (κ3) is 22.4. The number of likely N-dealkylation sites (N-methyl/N-ethyl adjacent to an activating group) is 1. The molecule has 0 spiro atoms. The van der Waals surface area contributed by atoms with Gasteiger partial charge < -0.3 is 14.7 Å². The van der Waals surface area contributed by atoms with Crippen LogP contribution in [0.3, 0.4) is 0 Å². The predicted molar refractivity (Wildman–Crippen MR) is 53.1 cm³/mol. The highest BCUT2D eigenvalue weighted by atomic mass is 16.5. The maximum Gasteiger partial charge on any atom is 0.303 e. The van der Waals surface area contributed by atoms with Crippen LogP contribution in [0.25, 0.3) is 0 Å². The van der Waals surface area contributed by atoms with Gasteiger partial charge in [-0.15, -0.1) is 0 Å². The van der Waals surface area contributed by atoms with Crippen LogP contribution in [0.2, 0.25) is 0 Å². The van der Waals surface area contributed by atoms with Crippen molar-refractivity contribution in [3.05, 3.63) is 0 Å². The lowest BCUT2D eigenvalue weighted by Gasteiger charge is -2.07. The number of carboxylic acids is 1. The lowest BCUT2D eigenvalue weighted by molar-refractivity contribution is -0.141. The van der Waals surface area contributed by atoms with Gasteiger partial charge in [-0.3, -0.25) is 9.59 Å². The zero-order valence-electron chi connectivity index (χ0n) is 9.24. The molecule has 0 atom stereocenters. The summed E-state index contributed by atoms with van der Waals surface area (Å²) in [6.45, 7) is 4.29. The summed E-state index contributed by atoms with van der Waals surface area (Å²) in [7, 11) is 3.87. The molecule has 0 rings (SSSR count). The highest BCUT2D eigenvalue weighted by Crippen LogP contribution is 1.78. The van der Waals surface area contributed by atoms with Crippen LogP contribution in [0.1, 0.15) is 20.3 Å². The van der Waals surface area contributed by atoms with Crippen molar-refractivity contribution in [1.29, 1.82) is 0 Å². The van der Waals surface area contributed by atoms with E-state index < -0.39 is 5.97 Å². The number of carboxylic acid groups (broad SMARTS) is 1. The van der Waals surface area contributed by atoms with Crippen LogP contribution in [0.4, 0.5) is 0 Å². The molecule has 0 fully saturated rings. The summed E-state index contributed by atoms with van der Waals surface area (Å²) in [5, 5.41) is 7.72. The molecule has 0 aromatic carbocycles.